The molecule has 1 aliphatic heterocycles. The highest BCUT2D eigenvalue weighted by Gasteiger charge is 2.28. The molecule has 1 aromatic carbocycles. The van der Waals surface area contributed by atoms with Crippen LogP contribution in [0.5, 0.6) is 5.75 Å². The Kier molecular flexibility index (Phi) is 8.97. The summed E-state index contributed by atoms with van der Waals surface area (Å²) in [6.07, 6.45) is 4.21. The molecular formula is C24H32ClN3O4S. The average Bonchev–Trinajstić information content (AvgIpc) is 3.54. The molecule has 1 aliphatic carbocycles. The monoisotopic (exact) mass is 493 g/mol. The van der Waals surface area contributed by atoms with Crippen LogP contribution in [-0.4, -0.2) is 65.2 Å². The smallest absolute Gasteiger partial charge is 0.226 e. The Morgan fingerprint density at radius 2 is 2.09 bits per heavy atom. The molecule has 0 bridgehead atoms. The van der Waals surface area contributed by atoms with Crippen molar-refractivity contribution in [3.63, 3.8) is 0 Å². The first kappa shape index (κ1) is 24.4. The minimum absolute atomic E-state index is 0.0793. The molecule has 1 saturated heterocycles. The lowest BCUT2D eigenvalue weighted by Gasteiger charge is -2.31. The van der Waals surface area contributed by atoms with Crippen molar-refractivity contribution in [3.8, 4) is 5.75 Å². The first-order valence-electron chi connectivity index (χ1n) is 11.7. The molecule has 2 aliphatic rings. The zero-order chi connectivity index (χ0) is 23.0. The number of halogens is 1. The van der Waals surface area contributed by atoms with Gasteiger partial charge in [0.05, 0.1) is 25.5 Å². The molecule has 0 unspecified atom stereocenters. The van der Waals surface area contributed by atoms with Crippen LogP contribution in [0.2, 0.25) is 5.02 Å². The molecule has 33 heavy (non-hydrogen) atoms. The topological polar surface area (TPSA) is 75.1 Å². The van der Waals surface area contributed by atoms with Gasteiger partial charge >= 0.3 is 0 Å². The molecule has 2 heterocycles. The van der Waals surface area contributed by atoms with Crippen LogP contribution in [0, 0.1) is 5.92 Å². The Labute approximate surface area is 204 Å². The van der Waals surface area contributed by atoms with Gasteiger partial charge < -0.3 is 19.5 Å². The first-order valence-corrected chi connectivity index (χ1v) is 12.9. The zero-order valence-electron chi connectivity index (χ0n) is 18.9. The second kappa shape index (κ2) is 12.1. The molecule has 1 N–H and O–H groups in total. The van der Waals surface area contributed by atoms with Crippen molar-refractivity contribution in [1.82, 2.24) is 14.8 Å². The molecule has 1 aromatic heterocycles. The molecule has 7 nitrogen and oxygen atoms in total. The Morgan fingerprint density at radius 1 is 1.30 bits per heavy atom. The number of benzene rings is 1. The number of carbonyl (C=O) groups is 1. The lowest BCUT2D eigenvalue weighted by atomic mass is 10.1. The minimum Gasteiger partial charge on any atom is -0.486 e. The zero-order valence-corrected chi connectivity index (χ0v) is 20.5. The highest BCUT2D eigenvalue weighted by atomic mass is 35.5. The Hall–Kier alpha value is -1.71. The summed E-state index contributed by atoms with van der Waals surface area (Å²) in [5.74, 6) is 1.06. The van der Waals surface area contributed by atoms with Crippen LogP contribution in [0.3, 0.4) is 0 Å². The van der Waals surface area contributed by atoms with Crippen LogP contribution in [0.4, 0.5) is 0 Å². The number of ether oxygens (including phenoxy) is 2. The number of morpholine rings is 1. The molecule has 0 spiro atoms. The van der Waals surface area contributed by atoms with Crippen LogP contribution in [0.1, 0.15) is 41.9 Å². The van der Waals surface area contributed by atoms with Crippen LogP contribution >= 0.6 is 22.9 Å². The van der Waals surface area contributed by atoms with E-state index in [2.05, 4.69) is 9.88 Å². The predicted molar refractivity (Wildman–Crippen MR) is 128 cm³/mol. The van der Waals surface area contributed by atoms with Crippen molar-refractivity contribution in [1.29, 1.82) is 0 Å². The van der Waals surface area contributed by atoms with Crippen LogP contribution < -0.4 is 4.74 Å². The van der Waals surface area contributed by atoms with Crippen LogP contribution in [-0.2, 0) is 29.3 Å². The second-order valence-electron chi connectivity index (χ2n) is 8.63. The van der Waals surface area contributed by atoms with Gasteiger partial charge in [-0.3, -0.25) is 9.69 Å². The summed E-state index contributed by atoms with van der Waals surface area (Å²) in [5, 5.41) is 12.5. The molecule has 2 aromatic rings. The van der Waals surface area contributed by atoms with Gasteiger partial charge in [0.2, 0.25) is 5.91 Å². The molecule has 1 saturated carbocycles. The summed E-state index contributed by atoms with van der Waals surface area (Å²) >= 11 is 7.79. The molecule has 2 fully saturated rings. The van der Waals surface area contributed by atoms with E-state index in [0.717, 1.165) is 69.1 Å². The maximum atomic E-state index is 13.4. The highest BCUT2D eigenvalue weighted by Crippen LogP contribution is 2.30. The van der Waals surface area contributed by atoms with Crippen LogP contribution in [0.25, 0.3) is 0 Å². The first-order chi connectivity index (χ1) is 16.1. The molecule has 1 amide bonds. The molecule has 9 heteroatoms. The van der Waals surface area contributed by atoms with E-state index in [1.165, 1.54) is 11.3 Å². The summed E-state index contributed by atoms with van der Waals surface area (Å²) < 4.78 is 11.5. The van der Waals surface area contributed by atoms with E-state index in [9.17, 15) is 9.90 Å². The molecule has 0 atom stereocenters. The van der Waals surface area contributed by atoms with E-state index >= 15 is 0 Å². The summed E-state index contributed by atoms with van der Waals surface area (Å²) in [7, 11) is 0. The largest absolute Gasteiger partial charge is 0.486 e. The fraction of sp³-hybridized carbons (Fsp3) is 0.583. The van der Waals surface area contributed by atoms with E-state index in [1.54, 1.807) is 6.07 Å². The van der Waals surface area contributed by atoms with Gasteiger partial charge in [-0.2, -0.15) is 0 Å². The van der Waals surface area contributed by atoms with Crippen molar-refractivity contribution in [2.75, 3.05) is 39.4 Å². The van der Waals surface area contributed by atoms with Gasteiger partial charge in [0.25, 0.3) is 0 Å². The fourth-order valence-corrected chi connectivity index (χ4v) is 5.32. The Bertz CT molecular complexity index is 913. The van der Waals surface area contributed by atoms with Crippen molar-refractivity contribution in [2.24, 2.45) is 5.92 Å². The molecule has 4 rings (SSSR count). The third-order valence-corrected chi connectivity index (χ3v) is 7.41. The Morgan fingerprint density at radius 3 is 2.82 bits per heavy atom. The number of amides is 1. The number of thiazole rings is 1. The normalized spacial score (nSPS) is 17.4. The van der Waals surface area contributed by atoms with Crippen molar-refractivity contribution >= 4 is 28.8 Å². The van der Waals surface area contributed by atoms with Crippen molar-refractivity contribution in [2.45, 2.75) is 45.4 Å². The van der Waals surface area contributed by atoms with Gasteiger partial charge in [-0.05, 0) is 31.0 Å². The third-order valence-electron chi connectivity index (χ3n) is 6.30. The quantitative estimate of drug-likeness (QED) is 0.543. The van der Waals surface area contributed by atoms with Crippen LogP contribution in [0.15, 0.2) is 23.6 Å². The summed E-state index contributed by atoms with van der Waals surface area (Å²) in [5.41, 5.74) is 1.54. The fourth-order valence-electron chi connectivity index (χ4n) is 4.43. The number of carbonyl (C=O) groups excluding carboxylic acids is 1. The molecular weight excluding hydrogens is 462 g/mol. The number of aliphatic hydroxyl groups is 1. The molecule has 180 valence electrons. The maximum absolute atomic E-state index is 13.4. The van der Waals surface area contributed by atoms with Gasteiger partial charge in [0.15, 0.2) is 0 Å². The van der Waals surface area contributed by atoms with Gasteiger partial charge in [0.1, 0.15) is 17.4 Å². The number of nitrogens with zero attached hydrogens (tertiary/aromatic N) is 3. The van der Waals surface area contributed by atoms with Gasteiger partial charge in [-0.25, -0.2) is 4.98 Å². The lowest BCUT2D eigenvalue weighted by molar-refractivity contribution is -0.136. The summed E-state index contributed by atoms with van der Waals surface area (Å²) in [6, 6.07) is 5.55. The number of hydrogen-bond acceptors (Lipinski definition) is 7. The number of aromatic nitrogens is 1. The second-order valence-corrected chi connectivity index (χ2v) is 10.0. The van der Waals surface area contributed by atoms with Gasteiger partial charge in [0, 0.05) is 54.6 Å². The highest BCUT2D eigenvalue weighted by molar-refractivity contribution is 7.09. The van der Waals surface area contributed by atoms with Crippen molar-refractivity contribution < 1.29 is 19.4 Å². The third kappa shape index (κ3) is 6.90. The van der Waals surface area contributed by atoms with Gasteiger partial charge in [-0.1, -0.05) is 24.4 Å². The minimum atomic E-state index is -0.0793. The van der Waals surface area contributed by atoms with E-state index in [1.807, 2.05) is 22.4 Å². The number of hydrogen-bond donors (Lipinski definition) is 1. The average molecular weight is 494 g/mol. The summed E-state index contributed by atoms with van der Waals surface area (Å²) in [4.78, 5) is 22.1. The van der Waals surface area contributed by atoms with Gasteiger partial charge in [-0.15, -0.1) is 11.3 Å². The predicted octanol–water partition coefficient (Wildman–Crippen LogP) is 3.72. The number of rotatable bonds is 10. The van der Waals surface area contributed by atoms with E-state index < -0.39 is 0 Å². The standard InChI is InChI=1S/C24H32ClN3O4S/c25-20-5-6-22(32-16-23-26-21(15-29)17-33-23)19(13-20)14-28(24(30)18-3-1-2-4-18)8-7-27-9-11-31-12-10-27/h5-6,13,17-18,29H,1-4,7-12,14-16H2. The SMILES string of the molecule is O=C(C1CCCC1)N(CCN1CCOCC1)Cc1cc(Cl)ccc1OCc1nc(CO)cs1. The van der Waals surface area contributed by atoms with E-state index in [0.29, 0.717) is 36.2 Å². The van der Waals surface area contributed by atoms with Crippen molar-refractivity contribution in [3.05, 3.63) is 44.9 Å². The molecule has 0 radical (unpaired) electrons. The maximum Gasteiger partial charge on any atom is 0.226 e. The summed E-state index contributed by atoms with van der Waals surface area (Å²) in [6.45, 7) is 5.51. The van der Waals surface area contributed by atoms with E-state index in [-0.39, 0.29) is 18.4 Å². The lowest BCUT2D eigenvalue weighted by Crippen LogP contribution is -2.44. The number of aliphatic hydroxyl groups excluding tert-OH is 1. The Balaban J connectivity index is 1.47. The van der Waals surface area contributed by atoms with E-state index in [4.69, 9.17) is 21.1 Å².